The number of aliphatic carboxylic acids is 1. The number of amides is 3. The van der Waals surface area contributed by atoms with Crippen LogP contribution in [0.1, 0.15) is 35.8 Å². The van der Waals surface area contributed by atoms with Crippen LogP contribution in [0.15, 0.2) is 48.8 Å². The maximum atomic E-state index is 13.5. The molecule has 3 aromatic rings. The second-order valence-corrected chi connectivity index (χ2v) is 9.23. The van der Waals surface area contributed by atoms with Crippen LogP contribution < -0.4 is 5.32 Å². The first-order valence-corrected chi connectivity index (χ1v) is 12.9. The van der Waals surface area contributed by atoms with Gasteiger partial charge >= 0.3 is 12.1 Å². The van der Waals surface area contributed by atoms with Crippen molar-refractivity contribution in [2.24, 2.45) is 0 Å². The molecule has 1 saturated heterocycles. The van der Waals surface area contributed by atoms with Crippen molar-refractivity contribution in [2.75, 3.05) is 32.8 Å². The second kappa shape index (κ2) is 12.8. The van der Waals surface area contributed by atoms with E-state index in [1.54, 1.807) is 19.3 Å². The Morgan fingerprint density at radius 1 is 1.05 bits per heavy atom. The summed E-state index contributed by atoms with van der Waals surface area (Å²) in [7, 11) is 0. The van der Waals surface area contributed by atoms with Gasteiger partial charge in [-0.3, -0.25) is 14.4 Å². The number of benzene rings is 1. The normalized spacial score (nSPS) is 13.9. The van der Waals surface area contributed by atoms with Crippen LogP contribution in [0.25, 0.3) is 17.2 Å². The van der Waals surface area contributed by atoms with E-state index in [1.165, 1.54) is 20.5 Å². The van der Waals surface area contributed by atoms with Gasteiger partial charge in [-0.25, -0.2) is 19.4 Å². The molecule has 0 bridgehead atoms. The molecule has 2 N–H and O–H groups in total. The third kappa shape index (κ3) is 6.98. The average Bonchev–Trinajstić information content (AvgIpc) is 3.41. The molecule has 1 atom stereocenters. The fourth-order valence-electron chi connectivity index (χ4n) is 4.22. The second-order valence-electron chi connectivity index (χ2n) is 9.23. The van der Waals surface area contributed by atoms with E-state index in [0.29, 0.717) is 17.2 Å². The molecule has 4 rings (SSSR count). The number of carbonyl (C=O) groups excluding carboxylic acids is 3. The highest BCUT2D eigenvalue weighted by Gasteiger charge is 2.31. The van der Waals surface area contributed by atoms with E-state index in [4.69, 9.17) is 4.74 Å². The number of hydrogen-bond donors (Lipinski definition) is 2. The molecule has 1 aliphatic rings. The minimum Gasteiger partial charge on any atom is -0.481 e. The van der Waals surface area contributed by atoms with Crippen LogP contribution in [0, 0.1) is 6.92 Å². The van der Waals surface area contributed by atoms with Crippen LogP contribution in [0.4, 0.5) is 4.79 Å². The number of nitrogens with zero attached hydrogens (tertiary/aromatic N) is 6. The van der Waals surface area contributed by atoms with Gasteiger partial charge in [0, 0.05) is 50.4 Å². The smallest absolute Gasteiger partial charge is 0.409 e. The molecule has 1 aromatic carbocycles. The summed E-state index contributed by atoms with van der Waals surface area (Å²) in [6, 6.07) is 9.47. The molecule has 1 fully saturated rings. The third-order valence-corrected chi connectivity index (χ3v) is 6.29. The number of piperazine rings is 1. The molecule has 0 aliphatic carbocycles. The van der Waals surface area contributed by atoms with E-state index in [9.17, 15) is 24.3 Å². The Kier molecular flexibility index (Phi) is 9.04. The summed E-state index contributed by atoms with van der Waals surface area (Å²) in [6.07, 6.45) is 2.53. The summed E-state index contributed by atoms with van der Waals surface area (Å²) in [5.74, 6) is -1.53. The van der Waals surface area contributed by atoms with Crippen molar-refractivity contribution in [3.05, 3.63) is 60.0 Å². The van der Waals surface area contributed by atoms with Crippen LogP contribution in [-0.4, -0.2) is 97.4 Å². The highest BCUT2D eigenvalue weighted by molar-refractivity contribution is 5.97. The number of aryl methyl sites for hydroxylation is 1. The Morgan fingerprint density at radius 2 is 1.75 bits per heavy atom. The molecular weight excluding hydrogens is 518 g/mol. The summed E-state index contributed by atoms with van der Waals surface area (Å²) >= 11 is 0. The van der Waals surface area contributed by atoms with Gasteiger partial charge in [0.05, 0.1) is 12.8 Å². The lowest BCUT2D eigenvalue weighted by molar-refractivity contribution is -0.138. The molecule has 13 heteroatoms. The zero-order valence-corrected chi connectivity index (χ0v) is 22.3. The minimum atomic E-state index is -1.11. The third-order valence-electron chi connectivity index (χ3n) is 6.29. The van der Waals surface area contributed by atoms with Crippen LogP contribution in [-0.2, 0) is 14.3 Å². The zero-order chi connectivity index (χ0) is 28.6. The Labute approximate surface area is 230 Å². The van der Waals surface area contributed by atoms with Gasteiger partial charge in [0.25, 0.3) is 5.91 Å². The van der Waals surface area contributed by atoms with E-state index >= 15 is 0 Å². The van der Waals surface area contributed by atoms with Gasteiger partial charge in [0.15, 0.2) is 11.6 Å². The maximum Gasteiger partial charge on any atom is 0.409 e. The molecule has 0 radical (unpaired) electrons. The standard InChI is InChI=1S/C27H31N7O6/c1-3-40-27(39)33-13-11-32(12-14-33)26(38)20(9-10-23(35)36)30-25(37)21-15-22(34-17-18(2)16-28-34)31-24(29-21)19-7-5-4-6-8-19/h4-8,15-17,20H,3,9-14H2,1-2H3,(H,30,37)(H,35,36). The quantitative estimate of drug-likeness (QED) is 0.406. The van der Waals surface area contributed by atoms with Gasteiger partial charge in [0.2, 0.25) is 5.91 Å². The van der Waals surface area contributed by atoms with E-state index in [0.717, 1.165) is 5.56 Å². The van der Waals surface area contributed by atoms with Crippen molar-refractivity contribution in [3.8, 4) is 17.2 Å². The lowest BCUT2D eigenvalue weighted by Gasteiger charge is -2.35. The number of carboxylic acids is 1. The molecule has 2 aromatic heterocycles. The predicted molar refractivity (Wildman–Crippen MR) is 143 cm³/mol. The molecule has 3 heterocycles. The first-order valence-electron chi connectivity index (χ1n) is 12.9. The van der Waals surface area contributed by atoms with Crippen molar-refractivity contribution in [3.63, 3.8) is 0 Å². The first kappa shape index (κ1) is 28.2. The van der Waals surface area contributed by atoms with Crippen molar-refractivity contribution >= 4 is 23.9 Å². The number of ether oxygens (including phenoxy) is 1. The first-order chi connectivity index (χ1) is 19.2. The minimum absolute atomic E-state index is 0.00254. The van der Waals surface area contributed by atoms with E-state index in [2.05, 4.69) is 20.4 Å². The molecule has 0 saturated carbocycles. The lowest BCUT2D eigenvalue weighted by Crippen LogP contribution is -2.56. The van der Waals surface area contributed by atoms with Gasteiger partial charge in [0.1, 0.15) is 11.7 Å². The Morgan fingerprint density at radius 3 is 2.38 bits per heavy atom. The lowest BCUT2D eigenvalue weighted by atomic mass is 10.1. The number of rotatable bonds is 9. The Balaban J connectivity index is 1.57. The Hall–Kier alpha value is -4.81. The molecule has 0 spiro atoms. The highest BCUT2D eigenvalue weighted by Crippen LogP contribution is 2.18. The molecule has 1 unspecified atom stereocenters. The van der Waals surface area contributed by atoms with Gasteiger partial charge < -0.3 is 25.0 Å². The topological polar surface area (TPSA) is 160 Å². The van der Waals surface area contributed by atoms with Crippen molar-refractivity contribution in [1.82, 2.24) is 34.9 Å². The fourth-order valence-corrected chi connectivity index (χ4v) is 4.22. The number of hydrogen-bond acceptors (Lipinski definition) is 8. The van der Waals surface area contributed by atoms with Gasteiger partial charge in [-0.2, -0.15) is 5.10 Å². The largest absolute Gasteiger partial charge is 0.481 e. The summed E-state index contributed by atoms with van der Waals surface area (Å²) in [5, 5.41) is 16.2. The van der Waals surface area contributed by atoms with Crippen LogP contribution >= 0.6 is 0 Å². The van der Waals surface area contributed by atoms with Crippen LogP contribution in [0.2, 0.25) is 0 Å². The zero-order valence-electron chi connectivity index (χ0n) is 22.3. The molecule has 13 nitrogen and oxygen atoms in total. The molecular formula is C27H31N7O6. The molecule has 3 amide bonds. The number of aromatic nitrogens is 4. The van der Waals surface area contributed by atoms with E-state index in [-0.39, 0.29) is 51.3 Å². The number of nitrogens with one attached hydrogen (secondary N) is 1. The monoisotopic (exact) mass is 549 g/mol. The average molecular weight is 550 g/mol. The SMILES string of the molecule is CCOC(=O)N1CCN(C(=O)C(CCC(=O)O)NC(=O)c2cc(-n3cc(C)cn3)nc(-c3ccccc3)n2)CC1. The number of carboxylic acid groups (broad SMARTS) is 1. The number of carbonyl (C=O) groups is 4. The van der Waals surface area contributed by atoms with Crippen molar-refractivity contribution < 1.29 is 29.0 Å². The van der Waals surface area contributed by atoms with Crippen molar-refractivity contribution in [2.45, 2.75) is 32.7 Å². The summed E-state index contributed by atoms with van der Waals surface area (Å²) < 4.78 is 6.54. The molecule has 40 heavy (non-hydrogen) atoms. The van der Waals surface area contributed by atoms with Crippen LogP contribution in [0.5, 0.6) is 0 Å². The summed E-state index contributed by atoms with van der Waals surface area (Å²) in [6.45, 7) is 4.83. The van der Waals surface area contributed by atoms with E-state index < -0.39 is 29.9 Å². The van der Waals surface area contributed by atoms with Gasteiger partial charge in [-0.1, -0.05) is 30.3 Å². The van der Waals surface area contributed by atoms with Crippen molar-refractivity contribution in [1.29, 1.82) is 0 Å². The van der Waals surface area contributed by atoms with Gasteiger partial charge in [-0.05, 0) is 25.8 Å². The predicted octanol–water partition coefficient (Wildman–Crippen LogP) is 1.90. The fraction of sp³-hybridized carbons (Fsp3) is 0.370. The maximum absolute atomic E-state index is 13.5. The Bertz CT molecular complexity index is 1370. The van der Waals surface area contributed by atoms with Gasteiger partial charge in [-0.15, -0.1) is 0 Å². The van der Waals surface area contributed by atoms with Crippen LogP contribution in [0.3, 0.4) is 0 Å². The highest BCUT2D eigenvalue weighted by atomic mass is 16.6. The summed E-state index contributed by atoms with van der Waals surface area (Å²) in [5.41, 5.74) is 1.57. The summed E-state index contributed by atoms with van der Waals surface area (Å²) in [4.78, 5) is 62.2. The molecule has 1 aliphatic heterocycles. The molecule has 210 valence electrons. The van der Waals surface area contributed by atoms with E-state index in [1.807, 2.05) is 37.3 Å².